The number of carbonyl (C=O) groups is 1. The van der Waals surface area contributed by atoms with Gasteiger partial charge in [0, 0.05) is 27.4 Å². The minimum atomic E-state index is -0.435. The van der Waals surface area contributed by atoms with Gasteiger partial charge in [0.2, 0.25) is 0 Å². The molecule has 4 rings (SSSR count). The number of ether oxygens (including phenoxy) is 1. The maximum Gasteiger partial charge on any atom is 0.256 e. The Balaban J connectivity index is 1.45. The minimum absolute atomic E-state index is 0.0998. The van der Waals surface area contributed by atoms with E-state index in [1.807, 2.05) is 0 Å². The summed E-state index contributed by atoms with van der Waals surface area (Å²) in [4.78, 5) is 12.9. The molecular formula is C24H15BrCl4FN3O2. The molecule has 0 saturated carbocycles. The fourth-order valence-electron chi connectivity index (χ4n) is 3.21. The molecule has 4 aromatic rings. The van der Waals surface area contributed by atoms with Crippen LogP contribution < -0.4 is 10.1 Å². The van der Waals surface area contributed by atoms with E-state index in [0.29, 0.717) is 31.4 Å². The molecule has 180 valence electrons. The SMILES string of the molecule is O=C(Nc1nn(Cc2c(F)cccc2Cl)cc1Br)c1cccc(COc2c(Cl)cc(Cl)cc2Cl)c1. The molecule has 0 fully saturated rings. The van der Waals surface area contributed by atoms with Gasteiger partial charge >= 0.3 is 0 Å². The predicted octanol–water partition coefficient (Wildman–Crippen LogP) is 8.28. The maximum absolute atomic E-state index is 14.1. The zero-order valence-corrected chi connectivity index (χ0v) is 22.3. The molecule has 1 amide bonds. The largest absolute Gasteiger partial charge is 0.486 e. The van der Waals surface area contributed by atoms with Crippen LogP contribution >= 0.6 is 62.3 Å². The lowest BCUT2D eigenvalue weighted by Crippen LogP contribution is -2.14. The molecule has 0 atom stereocenters. The number of hydrogen-bond donors (Lipinski definition) is 1. The zero-order valence-electron chi connectivity index (χ0n) is 17.7. The van der Waals surface area contributed by atoms with Crippen LogP contribution in [0.25, 0.3) is 0 Å². The molecule has 35 heavy (non-hydrogen) atoms. The van der Waals surface area contributed by atoms with E-state index in [2.05, 4.69) is 26.3 Å². The fraction of sp³-hybridized carbons (Fsp3) is 0.0833. The summed E-state index contributed by atoms with van der Waals surface area (Å²) in [5.74, 6) is -0.236. The minimum Gasteiger partial charge on any atom is -0.486 e. The average Bonchev–Trinajstić information content (AvgIpc) is 3.14. The van der Waals surface area contributed by atoms with Gasteiger partial charge in [0.1, 0.15) is 12.4 Å². The van der Waals surface area contributed by atoms with Gasteiger partial charge in [0.05, 0.1) is 21.1 Å². The standard InChI is InChI=1S/C24H15BrCl4FN3O2/c25-17-11-33(10-16-18(27)5-2-6-21(16)30)32-23(17)31-24(34)14-4-1-3-13(7-14)12-35-22-19(28)8-15(26)9-20(22)29/h1-9,11H,10,12H2,(H,31,32,34). The second-order valence-corrected chi connectivity index (χ2v) is 9.88. The van der Waals surface area contributed by atoms with Crippen LogP contribution in [-0.2, 0) is 13.2 Å². The molecule has 0 bridgehead atoms. The highest BCUT2D eigenvalue weighted by molar-refractivity contribution is 9.10. The highest BCUT2D eigenvalue weighted by Gasteiger charge is 2.15. The Morgan fingerprint density at radius 2 is 1.74 bits per heavy atom. The van der Waals surface area contributed by atoms with E-state index in [4.69, 9.17) is 51.1 Å². The van der Waals surface area contributed by atoms with Crippen molar-refractivity contribution in [3.05, 3.63) is 108 Å². The number of carbonyl (C=O) groups excluding carboxylic acids is 1. The summed E-state index contributed by atoms with van der Waals surface area (Å²) in [6.07, 6.45) is 1.63. The molecule has 0 aliphatic carbocycles. The predicted molar refractivity (Wildman–Crippen MR) is 141 cm³/mol. The number of benzene rings is 3. The summed E-state index contributed by atoms with van der Waals surface area (Å²) in [5, 5.41) is 8.34. The summed E-state index contributed by atoms with van der Waals surface area (Å²) in [6, 6.07) is 14.4. The van der Waals surface area contributed by atoms with Crippen molar-refractivity contribution in [1.82, 2.24) is 9.78 Å². The topological polar surface area (TPSA) is 56.2 Å². The number of halogens is 6. The smallest absolute Gasteiger partial charge is 0.256 e. The van der Waals surface area contributed by atoms with Crippen LogP contribution in [0.3, 0.4) is 0 Å². The van der Waals surface area contributed by atoms with Crippen molar-refractivity contribution in [2.24, 2.45) is 0 Å². The van der Waals surface area contributed by atoms with Gasteiger partial charge in [-0.05, 0) is 57.9 Å². The van der Waals surface area contributed by atoms with Crippen LogP contribution in [0.2, 0.25) is 20.1 Å². The highest BCUT2D eigenvalue weighted by Crippen LogP contribution is 2.36. The Morgan fingerprint density at radius 1 is 1.03 bits per heavy atom. The van der Waals surface area contributed by atoms with Crippen molar-refractivity contribution < 1.29 is 13.9 Å². The summed E-state index contributed by atoms with van der Waals surface area (Å²) in [6.45, 7) is 0.229. The Hall–Kier alpha value is -2.29. The molecule has 0 saturated heterocycles. The van der Waals surface area contributed by atoms with Gasteiger partial charge in [-0.25, -0.2) is 4.39 Å². The van der Waals surface area contributed by atoms with Crippen LogP contribution in [0.5, 0.6) is 5.75 Å². The monoisotopic (exact) mass is 615 g/mol. The Bertz CT molecular complexity index is 1370. The van der Waals surface area contributed by atoms with Crippen molar-refractivity contribution in [2.45, 2.75) is 13.2 Å². The van der Waals surface area contributed by atoms with Crippen LogP contribution in [0, 0.1) is 5.82 Å². The van der Waals surface area contributed by atoms with Gasteiger partial charge in [-0.2, -0.15) is 5.10 Å². The van der Waals surface area contributed by atoms with E-state index in [-0.39, 0.29) is 34.9 Å². The van der Waals surface area contributed by atoms with Crippen LogP contribution in [0.15, 0.2) is 65.3 Å². The van der Waals surface area contributed by atoms with Crippen LogP contribution in [-0.4, -0.2) is 15.7 Å². The van der Waals surface area contributed by atoms with Gasteiger partial charge in [-0.3, -0.25) is 9.48 Å². The first-order valence-corrected chi connectivity index (χ1v) is 12.3. The molecule has 0 unspecified atom stereocenters. The van der Waals surface area contributed by atoms with Crippen molar-refractivity contribution in [3.63, 3.8) is 0 Å². The van der Waals surface area contributed by atoms with E-state index in [9.17, 15) is 9.18 Å². The maximum atomic E-state index is 14.1. The molecule has 5 nitrogen and oxygen atoms in total. The first-order chi connectivity index (χ1) is 16.7. The Kier molecular flexibility index (Phi) is 8.24. The number of hydrogen-bond acceptors (Lipinski definition) is 3. The number of amides is 1. The summed E-state index contributed by atoms with van der Waals surface area (Å²) >= 11 is 27.7. The van der Waals surface area contributed by atoms with Crippen LogP contribution in [0.4, 0.5) is 10.2 Å². The number of rotatable bonds is 7. The molecule has 0 radical (unpaired) electrons. The average molecular weight is 618 g/mol. The quantitative estimate of drug-likeness (QED) is 0.227. The summed E-state index contributed by atoms with van der Waals surface area (Å²) < 4.78 is 21.9. The van der Waals surface area contributed by atoms with E-state index in [0.717, 1.165) is 5.56 Å². The number of anilines is 1. The van der Waals surface area contributed by atoms with Crippen molar-refractivity contribution in [1.29, 1.82) is 0 Å². The first kappa shape index (κ1) is 25.8. The van der Waals surface area contributed by atoms with E-state index < -0.39 is 5.82 Å². The molecular weight excluding hydrogens is 603 g/mol. The van der Waals surface area contributed by atoms with Crippen molar-refractivity contribution >= 4 is 74.1 Å². The van der Waals surface area contributed by atoms with Gasteiger partial charge < -0.3 is 10.1 Å². The molecule has 3 aromatic carbocycles. The van der Waals surface area contributed by atoms with Gasteiger partial charge in [0.15, 0.2) is 11.6 Å². The van der Waals surface area contributed by atoms with Gasteiger partial charge in [-0.15, -0.1) is 0 Å². The van der Waals surface area contributed by atoms with Crippen molar-refractivity contribution in [3.8, 4) is 5.75 Å². The molecule has 1 N–H and O–H groups in total. The van der Waals surface area contributed by atoms with E-state index in [1.54, 1.807) is 36.5 Å². The Morgan fingerprint density at radius 3 is 2.46 bits per heavy atom. The molecule has 1 aromatic heterocycles. The Labute approximate surface area is 228 Å². The molecule has 0 spiro atoms. The van der Waals surface area contributed by atoms with Crippen LogP contribution in [0.1, 0.15) is 21.5 Å². The third-order valence-electron chi connectivity index (χ3n) is 4.87. The molecule has 0 aliphatic heterocycles. The van der Waals surface area contributed by atoms with Gasteiger partial charge in [0.25, 0.3) is 5.91 Å². The molecule has 11 heteroatoms. The third kappa shape index (κ3) is 6.29. The number of aromatic nitrogens is 2. The fourth-order valence-corrected chi connectivity index (χ4v) is 4.78. The lowest BCUT2D eigenvalue weighted by atomic mass is 10.1. The lowest BCUT2D eigenvalue weighted by molar-refractivity contribution is 0.102. The number of nitrogens with zero attached hydrogens (tertiary/aromatic N) is 2. The molecule has 1 heterocycles. The summed E-state index contributed by atoms with van der Waals surface area (Å²) in [5.41, 5.74) is 1.41. The number of nitrogens with one attached hydrogen (secondary N) is 1. The van der Waals surface area contributed by atoms with E-state index >= 15 is 0 Å². The second-order valence-electron chi connectivity index (χ2n) is 7.37. The van der Waals surface area contributed by atoms with E-state index in [1.165, 1.54) is 28.9 Å². The zero-order chi connectivity index (χ0) is 25.1. The van der Waals surface area contributed by atoms with Crippen molar-refractivity contribution in [2.75, 3.05) is 5.32 Å². The lowest BCUT2D eigenvalue weighted by Gasteiger charge is -2.11. The molecule has 0 aliphatic rings. The second kappa shape index (κ2) is 11.2. The first-order valence-electron chi connectivity index (χ1n) is 10.0. The summed E-state index contributed by atoms with van der Waals surface area (Å²) in [7, 11) is 0. The third-order valence-corrected chi connectivity index (χ3v) is 6.58. The highest BCUT2D eigenvalue weighted by atomic mass is 79.9. The normalized spacial score (nSPS) is 10.9. The van der Waals surface area contributed by atoms with Gasteiger partial charge in [-0.1, -0.05) is 64.6 Å².